The van der Waals surface area contributed by atoms with Gasteiger partial charge in [0.05, 0.1) is 13.2 Å². The van der Waals surface area contributed by atoms with Crippen LogP contribution in [0.2, 0.25) is 0 Å². The smallest absolute Gasteiger partial charge is 0.163 e. The van der Waals surface area contributed by atoms with Gasteiger partial charge in [0.25, 0.3) is 0 Å². The molecule has 18 heavy (non-hydrogen) atoms. The first-order valence-electron chi connectivity index (χ1n) is 6.30. The van der Waals surface area contributed by atoms with Crippen molar-refractivity contribution >= 4 is 0 Å². The average molecular weight is 253 g/mol. The van der Waals surface area contributed by atoms with Crippen molar-refractivity contribution in [1.82, 2.24) is 0 Å². The van der Waals surface area contributed by atoms with E-state index in [1.165, 1.54) is 13.2 Å². The highest BCUT2D eigenvalue weighted by molar-refractivity contribution is 5.46. The van der Waals surface area contributed by atoms with Gasteiger partial charge in [-0.25, -0.2) is 4.39 Å². The Bertz CT molecular complexity index is 442. The van der Waals surface area contributed by atoms with Crippen molar-refractivity contribution < 1.29 is 13.9 Å². The fraction of sp³-hybridized carbons (Fsp3) is 0.571. The van der Waals surface area contributed by atoms with Crippen LogP contribution in [0.1, 0.15) is 38.7 Å². The molecule has 100 valence electrons. The van der Waals surface area contributed by atoms with Crippen molar-refractivity contribution in [3.05, 3.63) is 23.5 Å². The van der Waals surface area contributed by atoms with E-state index in [0.717, 1.165) is 19.3 Å². The number of methoxy groups -OCH3 is 1. The number of hydrogen-bond acceptors (Lipinski definition) is 3. The monoisotopic (exact) mass is 253 g/mol. The van der Waals surface area contributed by atoms with E-state index in [0.29, 0.717) is 17.1 Å². The summed E-state index contributed by atoms with van der Waals surface area (Å²) in [6.07, 6.45) is 2.68. The molecule has 1 aliphatic rings. The highest BCUT2D eigenvalue weighted by Gasteiger charge is 2.37. The molecule has 2 rings (SSSR count). The highest BCUT2D eigenvalue weighted by atomic mass is 19.1. The molecule has 0 unspecified atom stereocenters. The number of nitrogens with two attached hydrogens (primary N) is 1. The van der Waals surface area contributed by atoms with Gasteiger partial charge in [-0.3, -0.25) is 0 Å². The second-order valence-corrected chi connectivity index (χ2v) is 5.16. The summed E-state index contributed by atoms with van der Waals surface area (Å²) in [7, 11) is 1.50. The number of benzene rings is 1. The van der Waals surface area contributed by atoms with Crippen LogP contribution in [0.5, 0.6) is 11.5 Å². The number of halogens is 1. The van der Waals surface area contributed by atoms with Gasteiger partial charge in [-0.15, -0.1) is 0 Å². The third kappa shape index (κ3) is 2.29. The molecule has 1 fully saturated rings. The van der Waals surface area contributed by atoms with Crippen LogP contribution in [0, 0.1) is 5.82 Å². The largest absolute Gasteiger partial charge is 0.493 e. The van der Waals surface area contributed by atoms with Crippen molar-refractivity contribution in [2.75, 3.05) is 7.11 Å². The molecular weight excluding hydrogens is 233 g/mol. The van der Waals surface area contributed by atoms with Crippen LogP contribution >= 0.6 is 0 Å². The summed E-state index contributed by atoms with van der Waals surface area (Å²) >= 11 is 0. The maximum absolute atomic E-state index is 14.1. The van der Waals surface area contributed by atoms with E-state index in [1.807, 2.05) is 13.8 Å². The molecule has 1 saturated carbocycles. The summed E-state index contributed by atoms with van der Waals surface area (Å²) in [5.74, 6) is 0.652. The highest BCUT2D eigenvalue weighted by Crippen LogP contribution is 2.43. The minimum atomic E-state index is -0.536. The molecular formula is C14H20FNO2. The summed E-state index contributed by atoms with van der Waals surface area (Å²) in [5.41, 5.74) is 6.18. The Morgan fingerprint density at radius 2 is 1.94 bits per heavy atom. The van der Waals surface area contributed by atoms with E-state index in [1.54, 1.807) is 6.07 Å². The Morgan fingerprint density at radius 3 is 2.39 bits per heavy atom. The van der Waals surface area contributed by atoms with Crippen LogP contribution in [-0.4, -0.2) is 13.2 Å². The summed E-state index contributed by atoms with van der Waals surface area (Å²) in [6.45, 7) is 3.84. The fourth-order valence-electron chi connectivity index (χ4n) is 2.25. The molecule has 0 aromatic heterocycles. The van der Waals surface area contributed by atoms with Crippen molar-refractivity contribution in [3.63, 3.8) is 0 Å². The molecule has 0 heterocycles. The Balaban J connectivity index is 2.41. The van der Waals surface area contributed by atoms with Gasteiger partial charge in [-0.1, -0.05) is 0 Å². The van der Waals surface area contributed by atoms with Crippen molar-refractivity contribution in [1.29, 1.82) is 0 Å². The van der Waals surface area contributed by atoms with Gasteiger partial charge in [0, 0.05) is 17.2 Å². The zero-order valence-electron chi connectivity index (χ0n) is 11.1. The van der Waals surface area contributed by atoms with Crippen molar-refractivity contribution in [2.24, 2.45) is 5.73 Å². The third-order valence-corrected chi connectivity index (χ3v) is 3.40. The van der Waals surface area contributed by atoms with Crippen molar-refractivity contribution in [2.45, 2.75) is 44.8 Å². The molecule has 0 spiro atoms. The van der Waals surface area contributed by atoms with Crippen LogP contribution in [0.15, 0.2) is 12.1 Å². The lowest BCUT2D eigenvalue weighted by Crippen LogP contribution is -2.44. The predicted octanol–water partition coefficient (Wildman–Crippen LogP) is 2.96. The van der Waals surface area contributed by atoms with Crippen LogP contribution < -0.4 is 15.2 Å². The van der Waals surface area contributed by atoms with E-state index in [2.05, 4.69) is 0 Å². The Labute approximate surface area is 107 Å². The molecule has 1 aliphatic carbocycles. The van der Waals surface area contributed by atoms with E-state index in [9.17, 15) is 4.39 Å². The van der Waals surface area contributed by atoms with Gasteiger partial charge < -0.3 is 15.2 Å². The minimum absolute atomic E-state index is 0.00678. The number of hydrogen-bond donors (Lipinski definition) is 1. The van der Waals surface area contributed by atoms with Crippen molar-refractivity contribution in [3.8, 4) is 11.5 Å². The van der Waals surface area contributed by atoms with Gasteiger partial charge in [-0.05, 0) is 39.2 Å². The van der Waals surface area contributed by atoms with Crippen LogP contribution in [0.4, 0.5) is 4.39 Å². The third-order valence-electron chi connectivity index (χ3n) is 3.40. The summed E-state index contributed by atoms with van der Waals surface area (Å²) in [4.78, 5) is 0. The first kappa shape index (κ1) is 13.1. The second kappa shape index (κ2) is 4.76. The molecule has 0 bridgehead atoms. The predicted molar refractivity (Wildman–Crippen MR) is 68.4 cm³/mol. The lowest BCUT2D eigenvalue weighted by molar-refractivity contribution is 0.221. The zero-order chi connectivity index (χ0) is 13.3. The molecule has 1 aromatic carbocycles. The van der Waals surface area contributed by atoms with E-state index in [-0.39, 0.29) is 11.9 Å². The lowest BCUT2D eigenvalue weighted by atomic mass is 9.72. The van der Waals surface area contributed by atoms with Gasteiger partial charge in [0.15, 0.2) is 11.5 Å². The first-order valence-corrected chi connectivity index (χ1v) is 6.30. The molecule has 4 heteroatoms. The maximum atomic E-state index is 14.1. The second-order valence-electron chi connectivity index (χ2n) is 5.16. The summed E-state index contributed by atoms with van der Waals surface area (Å²) < 4.78 is 24.8. The Kier molecular flexibility index (Phi) is 3.48. The lowest BCUT2D eigenvalue weighted by Gasteiger charge is -2.39. The van der Waals surface area contributed by atoms with E-state index < -0.39 is 5.54 Å². The zero-order valence-corrected chi connectivity index (χ0v) is 11.1. The molecule has 3 nitrogen and oxygen atoms in total. The first-order chi connectivity index (χ1) is 8.46. The molecule has 0 amide bonds. The molecule has 0 saturated heterocycles. The van der Waals surface area contributed by atoms with E-state index >= 15 is 0 Å². The van der Waals surface area contributed by atoms with Gasteiger partial charge >= 0.3 is 0 Å². The summed E-state index contributed by atoms with van der Waals surface area (Å²) in [5, 5.41) is 0. The summed E-state index contributed by atoms with van der Waals surface area (Å²) in [6, 6.07) is 3.05. The quantitative estimate of drug-likeness (QED) is 0.897. The fourth-order valence-corrected chi connectivity index (χ4v) is 2.25. The standard InChI is InChI=1S/C14H20FNO2/c1-9(2)18-13-7-10(14(16)5-4-6-14)11(15)8-12(13)17-3/h7-9H,4-6,16H2,1-3H3. The molecule has 0 radical (unpaired) electrons. The number of ether oxygens (including phenoxy) is 2. The topological polar surface area (TPSA) is 44.5 Å². The Hall–Kier alpha value is -1.29. The van der Waals surface area contributed by atoms with Crippen LogP contribution in [-0.2, 0) is 5.54 Å². The minimum Gasteiger partial charge on any atom is -0.493 e. The maximum Gasteiger partial charge on any atom is 0.163 e. The van der Waals surface area contributed by atoms with E-state index in [4.69, 9.17) is 15.2 Å². The molecule has 0 aliphatic heterocycles. The average Bonchev–Trinajstić information content (AvgIpc) is 2.27. The van der Waals surface area contributed by atoms with Crippen LogP contribution in [0.25, 0.3) is 0 Å². The normalized spacial score (nSPS) is 17.4. The van der Waals surface area contributed by atoms with Gasteiger partial charge in [-0.2, -0.15) is 0 Å². The van der Waals surface area contributed by atoms with Gasteiger partial charge in [0.2, 0.25) is 0 Å². The number of rotatable bonds is 4. The molecule has 0 atom stereocenters. The Morgan fingerprint density at radius 1 is 1.28 bits per heavy atom. The molecule has 2 N–H and O–H groups in total. The SMILES string of the molecule is COc1cc(F)c(C2(N)CCC2)cc1OC(C)C. The van der Waals surface area contributed by atoms with Crippen LogP contribution in [0.3, 0.4) is 0 Å². The van der Waals surface area contributed by atoms with Gasteiger partial charge in [0.1, 0.15) is 5.82 Å². The molecule has 1 aromatic rings.